The SMILES string of the molecule is CCCCNc1nc(N)ncc1OCCOC1=CC=NC2C=CSC12. The van der Waals surface area contributed by atoms with Crippen LogP contribution in [0.25, 0.3) is 0 Å². The summed E-state index contributed by atoms with van der Waals surface area (Å²) in [7, 11) is 0. The lowest BCUT2D eigenvalue weighted by atomic mass is 10.1. The topological polar surface area (TPSA) is 94.7 Å². The molecule has 1 aromatic rings. The minimum Gasteiger partial charge on any atom is -0.493 e. The number of dihydropyridines is 1. The van der Waals surface area contributed by atoms with Gasteiger partial charge in [-0.05, 0) is 17.9 Å². The number of anilines is 2. The highest BCUT2D eigenvalue weighted by Crippen LogP contribution is 2.34. The highest BCUT2D eigenvalue weighted by molar-refractivity contribution is 8.03. The fourth-order valence-electron chi connectivity index (χ4n) is 2.51. The monoisotopic (exact) mass is 361 g/mol. The summed E-state index contributed by atoms with van der Waals surface area (Å²) in [5.41, 5.74) is 5.66. The molecule has 8 heteroatoms. The van der Waals surface area contributed by atoms with Crippen molar-refractivity contribution in [1.29, 1.82) is 0 Å². The quantitative estimate of drug-likeness (QED) is 0.653. The number of hydrogen-bond donors (Lipinski definition) is 2. The molecule has 7 nitrogen and oxygen atoms in total. The van der Waals surface area contributed by atoms with Crippen LogP contribution in [0.15, 0.2) is 34.5 Å². The predicted molar refractivity (Wildman–Crippen MR) is 102 cm³/mol. The van der Waals surface area contributed by atoms with E-state index >= 15 is 0 Å². The van der Waals surface area contributed by atoms with Gasteiger partial charge in [0.1, 0.15) is 19.0 Å². The van der Waals surface area contributed by atoms with Gasteiger partial charge in [-0.1, -0.05) is 19.4 Å². The summed E-state index contributed by atoms with van der Waals surface area (Å²) in [6.45, 7) is 3.80. The number of nitrogens with one attached hydrogen (secondary N) is 1. The van der Waals surface area contributed by atoms with Crippen molar-refractivity contribution in [2.24, 2.45) is 4.99 Å². The highest BCUT2D eigenvalue weighted by atomic mass is 32.2. The van der Waals surface area contributed by atoms with Crippen molar-refractivity contribution >= 4 is 29.7 Å². The van der Waals surface area contributed by atoms with E-state index in [1.54, 1.807) is 24.2 Å². The molecule has 0 bridgehead atoms. The number of nitrogens with two attached hydrogens (primary N) is 1. The number of aliphatic imine (C=N–C) groups is 1. The van der Waals surface area contributed by atoms with Crippen LogP contribution in [0.1, 0.15) is 19.8 Å². The molecule has 2 aliphatic heterocycles. The van der Waals surface area contributed by atoms with Crippen molar-refractivity contribution in [3.05, 3.63) is 29.5 Å². The number of hydrogen-bond acceptors (Lipinski definition) is 8. The first kappa shape index (κ1) is 17.6. The van der Waals surface area contributed by atoms with Crippen molar-refractivity contribution in [3.8, 4) is 5.75 Å². The maximum atomic E-state index is 5.88. The van der Waals surface area contributed by atoms with Crippen LogP contribution in [0.2, 0.25) is 0 Å². The Hall–Kier alpha value is -2.22. The number of unbranched alkanes of at least 4 members (excludes halogenated alkanes) is 1. The van der Waals surface area contributed by atoms with Gasteiger partial charge in [0.25, 0.3) is 0 Å². The zero-order chi connectivity index (χ0) is 17.5. The number of allylic oxidation sites excluding steroid dienone is 1. The summed E-state index contributed by atoms with van der Waals surface area (Å²) in [6, 6.07) is 0.186. The Morgan fingerprint density at radius 2 is 2.20 bits per heavy atom. The standard InChI is InChI=1S/C17H23N5O2S/c1-2-3-6-20-16-14(11-21-17(18)22-16)24-9-8-23-13-4-7-19-12-5-10-25-15(12)13/h4-5,7,10-12,15H,2-3,6,8-9H2,1H3,(H3,18,20,21,22). The second-order valence-corrected chi connectivity index (χ2v) is 6.71. The molecule has 0 saturated heterocycles. The molecule has 2 aliphatic rings. The molecule has 0 amide bonds. The first-order valence-corrected chi connectivity index (χ1v) is 9.39. The van der Waals surface area contributed by atoms with Crippen LogP contribution in [-0.2, 0) is 4.74 Å². The molecule has 25 heavy (non-hydrogen) atoms. The van der Waals surface area contributed by atoms with E-state index in [1.807, 2.05) is 6.08 Å². The zero-order valence-electron chi connectivity index (χ0n) is 14.2. The zero-order valence-corrected chi connectivity index (χ0v) is 15.0. The number of aromatic nitrogens is 2. The van der Waals surface area contributed by atoms with Crippen LogP contribution in [0, 0.1) is 0 Å². The summed E-state index contributed by atoms with van der Waals surface area (Å²) in [6.07, 6.45) is 9.57. The average Bonchev–Trinajstić information content (AvgIpc) is 3.10. The van der Waals surface area contributed by atoms with Crippen molar-refractivity contribution in [3.63, 3.8) is 0 Å². The fourth-order valence-corrected chi connectivity index (χ4v) is 3.53. The Bertz CT molecular complexity index is 677. The molecule has 0 aliphatic carbocycles. The number of ether oxygens (including phenoxy) is 2. The summed E-state index contributed by atoms with van der Waals surface area (Å²) in [5, 5.41) is 5.56. The lowest BCUT2D eigenvalue weighted by Crippen LogP contribution is -2.24. The lowest BCUT2D eigenvalue weighted by Gasteiger charge is -2.22. The highest BCUT2D eigenvalue weighted by Gasteiger charge is 2.29. The van der Waals surface area contributed by atoms with Gasteiger partial charge in [-0.3, -0.25) is 4.99 Å². The first-order chi connectivity index (χ1) is 12.3. The maximum Gasteiger partial charge on any atom is 0.222 e. The van der Waals surface area contributed by atoms with Crippen LogP contribution < -0.4 is 15.8 Å². The number of fused-ring (bicyclic) bond motifs is 1. The number of thioether (sulfide) groups is 1. The normalized spacial score (nSPS) is 20.9. The van der Waals surface area contributed by atoms with Gasteiger partial charge >= 0.3 is 0 Å². The molecule has 0 aromatic carbocycles. The smallest absolute Gasteiger partial charge is 0.222 e. The molecule has 3 N–H and O–H groups in total. The van der Waals surface area contributed by atoms with Crippen LogP contribution in [0.4, 0.5) is 11.8 Å². The molecule has 0 spiro atoms. The molecule has 3 heterocycles. The first-order valence-electron chi connectivity index (χ1n) is 8.45. The van der Waals surface area contributed by atoms with Gasteiger partial charge in [-0.15, -0.1) is 11.8 Å². The molecular weight excluding hydrogens is 338 g/mol. The Balaban J connectivity index is 1.49. The number of nitrogens with zero attached hydrogens (tertiary/aromatic N) is 3. The lowest BCUT2D eigenvalue weighted by molar-refractivity contribution is 0.151. The van der Waals surface area contributed by atoms with E-state index in [9.17, 15) is 0 Å². The summed E-state index contributed by atoms with van der Waals surface area (Å²) in [4.78, 5) is 12.6. The van der Waals surface area contributed by atoms with E-state index in [0.29, 0.717) is 24.8 Å². The van der Waals surface area contributed by atoms with E-state index < -0.39 is 0 Å². The van der Waals surface area contributed by atoms with Crippen molar-refractivity contribution in [2.75, 3.05) is 30.8 Å². The minimum absolute atomic E-state index is 0.186. The van der Waals surface area contributed by atoms with Crippen LogP contribution >= 0.6 is 11.8 Å². The van der Waals surface area contributed by atoms with Crippen molar-refractivity contribution < 1.29 is 9.47 Å². The number of rotatable bonds is 9. The Labute approximate surface area is 151 Å². The maximum absolute atomic E-state index is 5.88. The molecule has 3 rings (SSSR count). The molecule has 2 atom stereocenters. The van der Waals surface area contributed by atoms with Crippen molar-refractivity contribution in [1.82, 2.24) is 9.97 Å². The molecular formula is C17H23N5O2S. The summed E-state index contributed by atoms with van der Waals surface area (Å²) >= 11 is 1.73. The molecule has 0 radical (unpaired) electrons. The predicted octanol–water partition coefficient (Wildman–Crippen LogP) is 2.63. The Kier molecular flexibility index (Phi) is 6.16. The van der Waals surface area contributed by atoms with Crippen LogP contribution in [0.5, 0.6) is 5.75 Å². The third-order valence-electron chi connectivity index (χ3n) is 3.79. The van der Waals surface area contributed by atoms with Crippen LogP contribution in [0.3, 0.4) is 0 Å². The van der Waals surface area contributed by atoms with Gasteiger partial charge in [-0.2, -0.15) is 4.98 Å². The van der Waals surface area contributed by atoms with Gasteiger partial charge < -0.3 is 20.5 Å². The van der Waals surface area contributed by atoms with Gasteiger partial charge in [0.05, 0.1) is 17.5 Å². The molecule has 2 unspecified atom stereocenters. The van der Waals surface area contributed by atoms with E-state index in [0.717, 1.165) is 25.1 Å². The van der Waals surface area contributed by atoms with Gasteiger partial charge in [0, 0.05) is 12.8 Å². The summed E-state index contributed by atoms with van der Waals surface area (Å²) in [5.74, 6) is 2.38. The second kappa shape index (κ2) is 8.75. The van der Waals surface area contributed by atoms with E-state index in [1.165, 1.54) is 0 Å². The third-order valence-corrected chi connectivity index (χ3v) is 4.91. The fraction of sp³-hybridized carbons (Fsp3) is 0.471. The summed E-state index contributed by atoms with van der Waals surface area (Å²) < 4.78 is 11.7. The van der Waals surface area contributed by atoms with Gasteiger partial charge in [-0.25, -0.2) is 4.98 Å². The van der Waals surface area contributed by atoms with E-state index in [2.05, 4.69) is 38.7 Å². The average molecular weight is 361 g/mol. The van der Waals surface area contributed by atoms with Crippen molar-refractivity contribution in [2.45, 2.75) is 31.1 Å². The Morgan fingerprint density at radius 3 is 3.08 bits per heavy atom. The van der Waals surface area contributed by atoms with Crippen LogP contribution in [-0.4, -0.2) is 47.2 Å². The molecule has 0 fully saturated rings. The second-order valence-electron chi connectivity index (χ2n) is 5.66. The van der Waals surface area contributed by atoms with E-state index in [4.69, 9.17) is 15.2 Å². The van der Waals surface area contributed by atoms with Gasteiger partial charge in [0.15, 0.2) is 11.6 Å². The molecule has 0 saturated carbocycles. The Morgan fingerprint density at radius 1 is 1.32 bits per heavy atom. The minimum atomic E-state index is 0.186. The molecule has 134 valence electrons. The molecule has 1 aromatic heterocycles. The van der Waals surface area contributed by atoms with E-state index in [-0.39, 0.29) is 17.2 Å². The third kappa shape index (κ3) is 4.66. The largest absolute Gasteiger partial charge is 0.493 e. The van der Waals surface area contributed by atoms with Gasteiger partial charge in [0.2, 0.25) is 5.95 Å². The number of nitrogen functional groups attached to an aromatic ring is 1.